The van der Waals surface area contributed by atoms with Gasteiger partial charge in [-0.2, -0.15) is 5.10 Å². The fourth-order valence-electron chi connectivity index (χ4n) is 3.01. The van der Waals surface area contributed by atoms with Crippen molar-refractivity contribution in [3.8, 4) is 23.0 Å². The minimum Gasteiger partial charge on any atom is -0.493 e. The van der Waals surface area contributed by atoms with Crippen LogP contribution in [0.4, 0.5) is 0 Å². The number of para-hydroxylation sites is 2. The second-order valence-electron chi connectivity index (χ2n) is 6.78. The van der Waals surface area contributed by atoms with E-state index >= 15 is 0 Å². The number of rotatable bonds is 7. The van der Waals surface area contributed by atoms with Crippen LogP contribution in [0.5, 0.6) is 23.0 Å². The zero-order valence-corrected chi connectivity index (χ0v) is 17.0. The van der Waals surface area contributed by atoms with E-state index in [2.05, 4.69) is 10.5 Å². The smallest absolute Gasteiger partial charge is 0.284 e. The Kier molecular flexibility index (Phi) is 6.32. The minimum atomic E-state index is -0.771. The molecule has 3 aromatic carbocycles. The third-order valence-electron chi connectivity index (χ3n) is 4.61. The van der Waals surface area contributed by atoms with Gasteiger partial charge in [0.2, 0.25) is 6.10 Å². The van der Waals surface area contributed by atoms with Crippen LogP contribution in [0.1, 0.15) is 11.1 Å². The molecule has 7 heteroatoms. The Labute approximate surface area is 180 Å². The molecule has 1 amide bonds. The van der Waals surface area contributed by atoms with Gasteiger partial charge >= 0.3 is 0 Å². The molecule has 0 bridgehead atoms. The number of benzene rings is 3. The normalized spacial score (nSPS) is 14.8. The molecule has 0 aromatic heterocycles. The van der Waals surface area contributed by atoms with E-state index in [1.54, 1.807) is 31.4 Å². The van der Waals surface area contributed by atoms with E-state index in [-0.39, 0.29) is 12.5 Å². The van der Waals surface area contributed by atoms with Crippen molar-refractivity contribution < 1.29 is 23.7 Å². The first-order valence-electron chi connectivity index (χ1n) is 9.79. The van der Waals surface area contributed by atoms with E-state index in [1.165, 1.54) is 6.21 Å². The molecule has 3 aromatic rings. The molecule has 0 radical (unpaired) electrons. The zero-order valence-electron chi connectivity index (χ0n) is 17.0. The maximum absolute atomic E-state index is 12.4. The number of ether oxygens (including phenoxy) is 4. The lowest BCUT2D eigenvalue weighted by Gasteiger charge is -2.24. The van der Waals surface area contributed by atoms with Gasteiger partial charge in [0.05, 0.1) is 13.3 Å². The first kappa shape index (κ1) is 20.3. The average molecular weight is 418 g/mol. The largest absolute Gasteiger partial charge is 0.493 e. The number of amides is 1. The van der Waals surface area contributed by atoms with E-state index in [4.69, 9.17) is 18.9 Å². The minimum absolute atomic E-state index is 0.123. The molecule has 1 aliphatic heterocycles. The topological polar surface area (TPSA) is 78.4 Å². The third-order valence-corrected chi connectivity index (χ3v) is 4.61. The van der Waals surface area contributed by atoms with Gasteiger partial charge in [-0.1, -0.05) is 42.5 Å². The van der Waals surface area contributed by atoms with E-state index in [0.29, 0.717) is 29.6 Å². The molecular formula is C24H22N2O5. The Hall–Kier alpha value is -4.00. The number of carbonyl (C=O) groups excluding carboxylic acids is 1. The van der Waals surface area contributed by atoms with Crippen LogP contribution in [0.3, 0.4) is 0 Å². The van der Waals surface area contributed by atoms with Gasteiger partial charge in [-0.15, -0.1) is 0 Å². The summed E-state index contributed by atoms with van der Waals surface area (Å²) in [5.74, 6) is 1.97. The molecule has 1 heterocycles. The van der Waals surface area contributed by atoms with E-state index in [9.17, 15) is 4.79 Å². The average Bonchev–Trinajstić information content (AvgIpc) is 2.83. The van der Waals surface area contributed by atoms with Crippen LogP contribution in [0, 0.1) is 0 Å². The number of fused-ring (bicyclic) bond motifs is 1. The summed E-state index contributed by atoms with van der Waals surface area (Å²) in [5, 5.41) is 4.03. The molecule has 4 rings (SSSR count). The molecule has 1 atom stereocenters. The zero-order chi connectivity index (χ0) is 21.5. The third kappa shape index (κ3) is 5.14. The van der Waals surface area contributed by atoms with Gasteiger partial charge in [0.25, 0.3) is 5.91 Å². The summed E-state index contributed by atoms with van der Waals surface area (Å²) in [7, 11) is 1.59. The van der Waals surface area contributed by atoms with Crippen LogP contribution in [0.2, 0.25) is 0 Å². The number of methoxy groups -OCH3 is 1. The van der Waals surface area contributed by atoms with Crippen molar-refractivity contribution >= 4 is 12.1 Å². The van der Waals surface area contributed by atoms with E-state index in [1.807, 2.05) is 48.5 Å². The molecule has 1 aliphatic rings. The second kappa shape index (κ2) is 9.67. The summed E-state index contributed by atoms with van der Waals surface area (Å²) in [6, 6.07) is 22.5. The number of hydrogen-bond acceptors (Lipinski definition) is 6. The highest BCUT2D eigenvalue weighted by Crippen LogP contribution is 2.31. The van der Waals surface area contributed by atoms with Gasteiger partial charge in [-0.25, -0.2) is 5.43 Å². The van der Waals surface area contributed by atoms with E-state index < -0.39 is 6.10 Å². The van der Waals surface area contributed by atoms with Crippen molar-refractivity contribution in [3.63, 3.8) is 0 Å². The maximum Gasteiger partial charge on any atom is 0.284 e. The summed E-state index contributed by atoms with van der Waals surface area (Å²) >= 11 is 0. The highest BCUT2D eigenvalue weighted by molar-refractivity contribution is 5.85. The molecule has 1 N–H and O–H groups in total. The fraction of sp³-hybridized carbons (Fsp3) is 0.167. The van der Waals surface area contributed by atoms with Crippen LogP contribution < -0.4 is 24.4 Å². The van der Waals surface area contributed by atoms with E-state index in [0.717, 1.165) is 11.1 Å². The monoisotopic (exact) mass is 418 g/mol. The quantitative estimate of drug-likeness (QED) is 0.469. The molecule has 0 spiro atoms. The number of nitrogens with one attached hydrogen (secondary N) is 1. The van der Waals surface area contributed by atoms with Crippen LogP contribution >= 0.6 is 0 Å². The molecule has 0 saturated heterocycles. The predicted molar refractivity (Wildman–Crippen MR) is 116 cm³/mol. The summed E-state index contributed by atoms with van der Waals surface area (Å²) in [6.07, 6.45) is 0.761. The van der Waals surface area contributed by atoms with Gasteiger partial charge in [0, 0.05) is 0 Å². The SMILES string of the molecule is COc1ccc(/C=N/NC(=O)C2COc3ccccc3O2)cc1OCc1ccccc1. The molecule has 0 aliphatic carbocycles. The lowest BCUT2D eigenvalue weighted by molar-refractivity contribution is -0.130. The Morgan fingerprint density at radius 3 is 2.65 bits per heavy atom. The van der Waals surface area contributed by atoms with Crippen molar-refractivity contribution in [2.45, 2.75) is 12.7 Å². The van der Waals surface area contributed by atoms with Gasteiger partial charge in [-0.3, -0.25) is 4.79 Å². The van der Waals surface area contributed by atoms with Gasteiger partial charge < -0.3 is 18.9 Å². The number of nitrogens with zero attached hydrogens (tertiary/aromatic N) is 1. The number of hydrogen-bond donors (Lipinski definition) is 1. The summed E-state index contributed by atoms with van der Waals surface area (Å²) in [5.41, 5.74) is 4.28. The standard InChI is InChI=1S/C24H22N2O5/c1-28-19-12-11-18(13-22(19)29-15-17-7-3-2-4-8-17)14-25-26-24(27)23-16-30-20-9-5-6-10-21(20)31-23/h2-14,23H,15-16H2,1H3,(H,26,27)/b25-14+. The lowest BCUT2D eigenvalue weighted by Crippen LogP contribution is -2.42. The Bertz CT molecular complexity index is 1070. The first-order valence-corrected chi connectivity index (χ1v) is 9.79. The summed E-state index contributed by atoms with van der Waals surface area (Å²) in [4.78, 5) is 12.4. The molecule has 7 nitrogen and oxygen atoms in total. The fourth-order valence-corrected chi connectivity index (χ4v) is 3.01. The lowest BCUT2D eigenvalue weighted by atomic mass is 10.2. The Morgan fingerprint density at radius 2 is 1.84 bits per heavy atom. The summed E-state index contributed by atoms with van der Waals surface area (Å²) in [6.45, 7) is 0.535. The number of hydrazone groups is 1. The van der Waals surface area contributed by atoms with Crippen LogP contribution in [0.15, 0.2) is 77.9 Å². The van der Waals surface area contributed by atoms with Crippen LogP contribution in [-0.4, -0.2) is 31.9 Å². The molecule has 31 heavy (non-hydrogen) atoms. The van der Waals surface area contributed by atoms with Gasteiger partial charge in [0.15, 0.2) is 23.0 Å². The van der Waals surface area contributed by atoms with Crippen molar-refractivity contribution in [1.29, 1.82) is 0 Å². The van der Waals surface area contributed by atoms with Crippen molar-refractivity contribution in [2.75, 3.05) is 13.7 Å². The van der Waals surface area contributed by atoms with Crippen LogP contribution in [0.25, 0.3) is 0 Å². The number of carbonyl (C=O) groups is 1. The summed E-state index contributed by atoms with van der Waals surface area (Å²) < 4.78 is 22.5. The van der Waals surface area contributed by atoms with Crippen LogP contribution in [-0.2, 0) is 11.4 Å². The first-order chi connectivity index (χ1) is 15.2. The highest BCUT2D eigenvalue weighted by Gasteiger charge is 2.26. The van der Waals surface area contributed by atoms with Gasteiger partial charge in [-0.05, 0) is 41.5 Å². The second-order valence-corrected chi connectivity index (χ2v) is 6.78. The molecule has 0 saturated carbocycles. The Balaban J connectivity index is 1.36. The molecule has 1 unspecified atom stereocenters. The molecule has 0 fully saturated rings. The van der Waals surface area contributed by atoms with Crippen molar-refractivity contribution in [1.82, 2.24) is 5.43 Å². The van der Waals surface area contributed by atoms with Crippen molar-refractivity contribution in [3.05, 3.63) is 83.9 Å². The Morgan fingerprint density at radius 1 is 1.06 bits per heavy atom. The predicted octanol–water partition coefficient (Wildman–Crippen LogP) is 3.56. The highest BCUT2D eigenvalue weighted by atomic mass is 16.6. The van der Waals surface area contributed by atoms with Crippen molar-refractivity contribution in [2.24, 2.45) is 5.10 Å². The maximum atomic E-state index is 12.4. The van der Waals surface area contributed by atoms with Gasteiger partial charge in [0.1, 0.15) is 13.2 Å². The molecule has 158 valence electrons. The molecular weight excluding hydrogens is 396 g/mol.